The minimum Gasteiger partial charge on any atom is -0.434 e. The van der Waals surface area contributed by atoms with Gasteiger partial charge in [-0.15, -0.1) is 0 Å². The summed E-state index contributed by atoms with van der Waals surface area (Å²) in [5.74, 6) is -0.306. The maximum absolute atomic E-state index is 12.3. The van der Waals surface area contributed by atoms with Crippen LogP contribution in [0.15, 0.2) is 40.6 Å². The largest absolute Gasteiger partial charge is 0.434 e. The van der Waals surface area contributed by atoms with Crippen LogP contribution in [-0.2, 0) is 4.79 Å². The lowest BCUT2D eigenvalue weighted by molar-refractivity contribution is -0.118. The summed E-state index contributed by atoms with van der Waals surface area (Å²) in [5.41, 5.74) is 4.30. The minimum absolute atomic E-state index is 0.0199. The Balaban J connectivity index is 1.88. The van der Waals surface area contributed by atoms with E-state index < -0.39 is 6.61 Å². The molecule has 0 saturated heterocycles. The van der Waals surface area contributed by atoms with Crippen LogP contribution in [0, 0.1) is 13.8 Å². The number of hydrogen-bond donors (Lipinski definition) is 1. The summed E-state index contributed by atoms with van der Waals surface area (Å²) in [6.07, 6.45) is 1.24. The zero-order chi connectivity index (χ0) is 18.2. The van der Waals surface area contributed by atoms with Crippen molar-refractivity contribution in [2.24, 2.45) is 5.10 Å². The first-order valence-corrected chi connectivity index (χ1v) is 8.23. The monoisotopic (exact) mass is 366 g/mol. The number of nitrogens with zero attached hydrogens (tertiary/aromatic N) is 3. The highest BCUT2D eigenvalue weighted by Gasteiger charge is 2.08. The van der Waals surface area contributed by atoms with Gasteiger partial charge >= 0.3 is 6.61 Å². The van der Waals surface area contributed by atoms with Crippen LogP contribution in [0.2, 0.25) is 0 Å². The summed E-state index contributed by atoms with van der Waals surface area (Å²) in [4.78, 5) is 20.2. The molecule has 1 amide bonds. The maximum Gasteiger partial charge on any atom is 0.387 e. The number of nitrogens with one attached hydrogen (secondary N) is 1. The molecule has 0 unspecified atom stereocenters. The van der Waals surface area contributed by atoms with E-state index in [1.807, 2.05) is 19.9 Å². The first-order valence-electron chi connectivity index (χ1n) is 7.25. The molecule has 0 aliphatic heterocycles. The van der Waals surface area contributed by atoms with Crippen molar-refractivity contribution < 1.29 is 18.3 Å². The lowest BCUT2D eigenvalue weighted by Gasteiger charge is -2.06. The number of para-hydroxylation sites is 1. The number of halogens is 2. The van der Waals surface area contributed by atoms with E-state index in [4.69, 9.17) is 0 Å². The SMILES string of the molecule is Cc1cc(C)nc(SCC(=O)NN=Cc2ccccc2OC(F)F)n1. The molecular formula is C16H16F2N4O2S. The van der Waals surface area contributed by atoms with E-state index in [1.165, 1.54) is 24.0 Å². The molecule has 1 N–H and O–H groups in total. The molecule has 9 heteroatoms. The number of hydrogen-bond acceptors (Lipinski definition) is 6. The Morgan fingerprint density at radius 1 is 1.32 bits per heavy atom. The first-order chi connectivity index (χ1) is 11.9. The van der Waals surface area contributed by atoms with Gasteiger partial charge in [0.05, 0.1) is 12.0 Å². The molecule has 0 atom stereocenters. The summed E-state index contributed by atoms with van der Waals surface area (Å²) < 4.78 is 29.0. The van der Waals surface area contributed by atoms with Gasteiger partial charge in [-0.3, -0.25) is 4.79 Å². The topological polar surface area (TPSA) is 76.5 Å². The van der Waals surface area contributed by atoms with Crippen molar-refractivity contribution in [2.45, 2.75) is 25.6 Å². The third-order valence-electron chi connectivity index (χ3n) is 2.82. The Hall–Kier alpha value is -2.55. The van der Waals surface area contributed by atoms with Gasteiger partial charge in [0, 0.05) is 17.0 Å². The van der Waals surface area contributed by atoms with Crippen LogP contribution in [0.25, 0.3) is 0 Å². The van der Waals surface area contributed by atoms with E-state index in [1.54, 1.807) is 18.2 Å². The van der Waals surface area contributed by atoms with Crippen LogP contribution >= 0.6 is 11.8 Å². The van der Waals surface area contributed by atoms with Crippen LogP contribution in [0.3, 0.4) is 0 Å². The fraction of sp³-hybridized carbons (Fsp3) is 0.250. The number of carbonyl (C=O) groups is 1. The van der Waals surface area contributed by atoms with E-state index in [9.17, 15) is 13.6 Å². The molecule has 2 rings (SSSR count). The van der Waals surface area contributed by atoms with Gasteiger partial charge in [0.1, 0.15) is 5.75 Å². The highest BCUT2D eigenvalue weighted by atomic mass is 32.2. The molecule has 0 aliphatic rings. The Kier molecular flexibility index (Phi) is 6.81. The van der Waals surface area contributed by atoms with Crippen LogP contribution in [0.4, 0.5) is 8.78 Å². The molecule has 6 nitrogen and oxygen atoms in total. The third kappa shape index (κ3) is 6.46. The van der Waals surface area contributed by atoms with Crippen molar-refractivity contribution in [3.05, 3.63) is 47.3 Å². The van der Waals surface area contributed by atoms with Gasteiger partial charge in [0.15, 0.2) is 5.16 Å². The Bertz CT molecular complexity index is 751. The zero-order valence-electron chi connectivity index (χ0n) is 13.6. The average molecular weight is 366 g/mol. The molecule has 2 aromatic rings. The minimum atomic E-state index is -2.93. The molecule has 0 saturated carbocycles. The van der Waals surface area contributed by atoms with E-state index in [0.29, 0.717) is 10.7 Å². The van der Waals surface area contributed by atoms with Crippen LogP contribution in [-0.4, -0.2) is 34.5 Å². The Morgan fingerprint density at radius 2 is 2.00 bits per heavy atom. The van der Waals surface area contributed by atoms with E-state index in [0.717, 1.165) is 11.4 Å². The Morgan fingerprint density at radius 3 is 2.68 bits per heavy atom. The van der Waals surface area contributed by atoms with Gasteiger partial charge in [0.2, 0.25) is 0 Å². The molecule has 0 fully saturated rings. The number of benzene rings is 1. The normalized spacial score (nSPS) is 11.1. The Labute approximate surface area is 147 Å². The van der Waals surface area contributed by atoms with Crippen molar-refractivity contribution in [1.82, 2.24) is 15.4 Å². The van der Waals surface area contributed by atoms with Gasteiger partial charge in [-0.05, 0) is 32.0 Å². The second-order valence-corrected chi connectivity index (χ2v) is 5.87. The molecule has 0 spiro atoms. The fourth-order valence-electron chi connectivity index (χ4n) is 1.88. The van der Waals surface area contributed by atoms with Crippen molar-refractivity contribution in [3.63, 3.8) is 0 Å². The van der Waals surface area contributed by atoms with Crippen molar-refractivity contribution in [3.8, 4) is 5.75 Å². The molecule has 25 heavy (non-hydrogen) atoms. The van der Waals surface area contributed by atoms with Gasteiger partial charge in [-0.2, -0.15) is 13.9 Å². The number of carbonyl (C=O) groups excluding carboxylic acids is 1. The van der Waals surface area contributed by atoms with Crippen LogP contribution in [0.5, 0.6) is 5.75 Å². The molecule has 0 bridgehead atoms. The van der Waals surface area contributed by atoms with Crippen molar-refractivity contribution in [2.75, 3.05) is 5.75 Å². The number of rotatable bonds is 7. The fourth-order valence-corrected chi connectivity index (χ4v) is 2.63. The standard InChI is InChI=1S/C16H16F2N4O2S/c1-10-7-11(2)21-16(20-10)25-9-14(23)22-19-8-12-5-3-4-6-13(12)24-15(17)18/h3-8,15H,9H2,1-2H3,(H,22,23). The van der Waals surface area contributed by atoms with Crippen molar-refractivity contribution in [1.29, 1.82) is 0 Å². The number of aromatic nitrogens is 2. The van der Waals surface area contributed by atoms with Gasteiger partial charge in [-0.25, -0.2) is 15.4 Å². The molecule has 132 valence electrons. The van der Waals surface area contributed by atoms with Gasteiger partial charge < -0.3 is 4.74 Å². The molecular weight excluding hydrogens is 350 g/mol. The number of thioether (sulfide) groups is 1. The molecule has 1 aromatic heterocycles. The van der Waals surface area contributed by atoms with Crippen LogP contribution < -0.4 is 10.2 Å². The summed E-state index contributed by atoms with van der Waals surface area (Å²) >= 11 is 1.18. The molecule has 0 aliphatic carbocycles. The lowest BCUT2D eigenvalue weighted by atomic mass is 10.2. The van der Waals surface area contributed by atoms with Crippen LogP contribution in [0.1, 0.15) is 17.0 Å². The quantitative estimate of drug-likeness (QED) is 0.353. The zero-order valence-corrected chi connectivity index (χ0v) is 14.4. The predicted molar refractivity (Wildman–Crippen MR) is 91.0 cm³/mol. The second-order valence-electron chi connectivity index (χ2n) is 4.93. The number of amides is 1. The summed E-state index contributed by atoms with van der Waals surface area (Å²) in [5, 5.41) is 4.26. The molecule has 1 aromatic carbocycles. The summed E-state index contributed by atoms with van der Waals surface area (Å²) in [6.45, 7) is 0.766. The predicted octanol–water partition coefficient (Wildman–Crippen LogP) is 2.94. The van der Waals surface area contributed by atoms with E-state index >= 15 is 0 Å². The van der Waals surface area contributed by atoms with Crippen molar-refractivity contribution >= 4 is 23.9 Å². The first kappa shape index (κ1) is 18.8. The third-order valence-corrected chi connectivity index (χ3v) is 3.67. The number of aryl methyl sites for hydroxylation is 2. The lowest BCUT2D eigenvalue weighted by Crippen LogP contribution is -2.20. The molecule has 0 radical (unpaired) electrons. The maximum atomic E-state index is 12.3. The smallest absolute Gasteiger partial charge is 0.387 e. The van der Waals surface area contributed by atoms with Gasteiger partial charge in [0.25, 0.3) is 5.91 Å². The highest BCUT2D eigenvalue weighted by Crippen LogP contribution is 2.18. The number of alkyl halides is 2. The second kappa shape index (κ2) is 9.07. The number of hydrazone groups is 1. The van der Waals surface area contributed by atoms with Gasteiger partial charge in [-0.1, -0.05) is 23.9 Å². The van der Waals surface area contributed by atoms with E-state index in [-0.39, 0.29) is 17.4 Å². The number of ether oxygens (including phenoxy) is 1. The van der Waals surface area contributed by atoms with E-state index in [2.05, 4.69) is 25.2 Å². The summed E-state index contributed by atoms with van der Waals surface area (Å²) in [7, 11) is 0. The average Bonchev–Trinajstić information content (AvgIpc) is 2.53. The highest BCUT2D eigenvalue weighted by molar-refractivity contribution is 7.99. The molecule has 1 heterocycles. The summed E-state index contributed by atoms with van der Waals surface area (Å²) in [6, 6.07) is 7.99.